The van der Waals surface area contributed by atoms with E-state index in [0.29, 0.717) is 13.0 Å². The first-order chi connectivity index (χ1) is 13.5. The van der Waals surface area contributed by atoms with Crippen molar-refractivity contribution in [2.45, 2.75) is 34.7 Å². The van der Waals surface area contributed by atoms with Crippen LogP contribution in [0.1, 0.15) is 12.8 Å². The Morgan fingerprint density at radius 1 is 1.11 bits per heavy atom. The van der Waals surface area contributed by atoms with Crippen molar-refractivity contribution in [1.29, 1.82) is 0 Å². The van der Waals surface area contributed by atoms with Crippen LogP contribution in [0.2, 0.25) is 0 Å². The van der Waals surface area contributed by atoms with E-state index in [2.05, 4.69) is 10.0 Å². The van der Waals surface area contributed by atoms with Crippen molar-refractivity contribution in [1.82, 2.24) is 9.62 Å². The molecule has 6 nitrogen and oxygen atoms in total. The first kappa shape index (κ1) is 19.3. The molecule has 2 bridgehead atoms. The highest BCUT2D eigenvalue weighted by Gasteiger charge is 2.47. The molecule has 0 radical (unpaired) electrons. The van der Waals surface area contributed by atoms with Crippen molar-refractivity contribution in [3.63, 3.8) is 0 Å². The molecule has 1 heterocycles. The second-order valence-corrected chi connectivity index (χ2v) is 9.83. The number of anilines is 1. The molecule has 4 rings (SSSR count). The number of amides is 2. The van der Waals surface area contributed by atoms with Gasteiger partial charge in [-0.3, -0.25) is 0 Å². The number of nitrogens with zero attached hydrogens (tertiary/aromatic N) is 1. The van der Waals surface area contributed by atoms with Crippen LogP contribution in [0.3, 0.4) is 0 Å². The molecule has 1 saturated heterocycles. The Labute approximate surface area is 169 Å². The number of benzene rings is 2. The maximum atomic E-state index is 12.7. The number of piperidine rings is 1. The number of fused-ring (bicyclic) bond motifs is 2. The molecule has 1 aliphatic carbocycles. The molecule has 3 unspecified atom stereocenters. The number of hydrogen-bond donors (Lipinski definition) is 2. The Hall–Kier alpha value is -2.03. The molecule has 1 aliphatic heterocycles. The first-order valence-electron chi connectivity index (χ1n) is 9.25. The zero-order valence-corrected chi connectivity index (χ0v) is 17.2. The first-order valence-corrected chi connectivity index (χ1v) is 12.0. The van der Waals surface area contributed by atoms with Crippen molar-refractivity contribution < 1.29 is 13.2 Å². The van der Waals surface area contributed by atoms with E-state index >= 15 is 0 Å². The van der Waals surface area contributed by atoms with E-state index in [4.69, 9.17) is 0 Å². The summed E-state index contributed by atoms with van der Waals surface area (Å²) in [5, 5.41) is 2.97. The Bertz CT molecular complexity index is 966. The second-order valence-electron chi connectivity index (χ2n) is 7.24. The number of carbonyl (C=O) groups is 1. The van der Waals surface area contributed by atoms with Gasteiger partial charge in [0.05, 0.1) is 4.90 Å². The highest BCUT2D eigenvalue weighted by atomic mass is 32.2. The SMILES string of the molecule is CSc1cccc(NC(=O)N2CC3CC2CC3NS(=O)(=O)c2ccccc2)c1. The summed E-state index contributed by atoms with van der Waals surface area (Å²) >= 11 is 1.63. The summed E-state index contributed by atoms with van der Waals surface area (Å²) < 4.78 is 28.0. The highest BCUT2D eigenvalue weighted by Crippen LogP contribution is 2.38. The zero-order chi connectivity index (χ0) is 19.7. The van der Waals surface area contributed by atoms with Crippen molar-refractivity contribution >= 4 is 33.5 Å². The summed E-state index contributed by atoms with van der Waals surface area (Å²) in [6, 6.07) is 16.0. The lowest BCUT2D eigenvalue weighted by molar-refractivity contribution is 0.188. The van der Waals surface area contributed by atoms with Crippen LogP contribution in [0, 0.1) is 5.92 Å². The lowest BCUT2D eigenvalue weighted by atomic mass is 10.0. The lowest BCUT2D eigenvalue weighted by Crippen LogP contribution is -2.48. The van der Waals surface area contributed by atoms with E-state index in [-0.39, 0.29) is 28.9 Å². The minimum Gasteiger partial charge on any atom is -0.321 e. The van der Waals surface area contributed by atoms with Gasteiger partial charge in [0, 0.05) is 29.2 Å². The molecule has 1 saturated carbocycles. The fraction of sp³-hybridized carbons (Fsp3) is 0.350. The summed E-state index contributed by atoms with van der Waals surface area (Å²) in [5.74, 6) is 0.145. The van der Waals surface area contributed by atoms with Gasteiger partial charge in [-0.1, -0.05) is 24.3 Å². The molecule has 3 atom stereocenters. The zero-order valence-electron chi connectivity index (χ0n) is 15.5. The third-order valence-corrected chi connectivity index (χ3v) is 7.71. The molecule has 2 aromatic carbocycles. The van der Waals surface area contributed by atoms with Gasteiger partial charge in [0.25, 0.3) is 0 Å². The molecule has 148 valence electrons. The molecule has 2 aromatic rings. The number of rotatable bonds is 5. The van der Waals surface area contributed by atoms with E-state index in [1.807, 2.05) is 35.4 Å². The van der Waals surface area contributed by atoms with Crippen LogP contribution in [0.15, 0.2) is 64.4 Å². The maximum absolute atomic E-state index is 12.7. The van der Waals surface area contributed by atoms with Crippen LogP contribution < -0.4 is 10.0 Å². The summed E-state index contributed by atoms with van der Waals surface area (Å²) in [4.78, 5) is 15.9. The van der Waals surface area contributed by atoms with Crippen LogP contribution in [0.4, 0.5) is 10.5 Å². The van der Waals surface area contributed by atoms with Crippen LogP contribution >= 0.6 is 11.8 Å². The molecular weight excluding hydrogens is 394 g/mol. The number of likely N-dealkylation sites (tertiary alicyclic amines) is 1. The van der Waals surface area contributed by atoms with E-state index in [1.165, 1.54) is 0 Å². The fourth-order valence-corrected chi connectivity index (χ4v) is 5.91. The second kappa shape index (κ2) is 7.77. The van der Waals surface area contributed by atoms with E-state index in [9.17, 15) is 13.2 Å². The Morgan fingerprint density at radius 2 is 1.89 bits per heavy atom. The van der Waals surface area contributed by atoms with E-state index < -0.39 is 10.0 Å². The summed E-state index contributed by atoms with van der Waals surface area (Å²) in [5.41, 5.74) is 0.779. The average Bonchev–Trinajstić information content (AvgIpc) is 3.29. The molecule has 2 N–H and O–H groups in total. The van der Waals surface area contributed by atoms with Gasteiger partial charge >= 0.3 is 6.03 Å². The molecule has 28 heavy (non-hydrogen) atoms. The molecule has 2 aliphatic rings. The number of hydrogen-bond acceptors (Lipinski definition) is 4. The van der Waals surface area contributed by atoms with Gasteiger partial charge in [0.1, 0.15) is 0 Å². The number of urea groups is 1. The fourth-order valence-electron chi connectivity index (χ4n) is 4.11. The topological polar surface area (TPSA) is 78.5 Å². The quantitative estimate of drug-likeness (QED) is 0.731. The van der Waals surface area contributed by atoms with E-state index in [1.54, 1.807) is 42.1 Å². The molecule has 2 fully saturated rings. The van der Waals surface area contributed by atoms with Gasteiger partial charge in [-0.15, -0.1) is 11.8 Å². The predicted molar refractivity (Wildman–Crippen MR) is 111 cm³/mol. The van der Waals surface area contributed by atoms with Crippen LogP contribution in [0.25, 0.3) is 0 Å². The molecule has 0 aromatic heterocycles. The summed E-state index contributed by atoms with van der Waals surface area (Å²) in [6.07, 6.45) is 3.48. The van der Waals surface area contributed by atoms with Crippen molar-refractivity contribution in [2.75, 3.05) is 18.1 Å². The molecule has 2 amide bonds. The molecular formula is C20H23N3O3S2. The minimum atomic E-state index is -3.53. The van der Waals surface area contributed by atoms with Crippen LogP contribution in [0.5, 0.6) is 0 Å². The number of nitrogens with one attached hydrogen (secondary N) is 2. The monoisotopic (exact) mass is 417 g/mol. The van der Waals surface area contributed by atoms with Crippen LogP contribution in [-0.2, 0) is 10.0 Å². The van der Waals surface area contributed by atoms with Gasteiger partial charge in [0.15, 0.2) is 0 Å². The number of thioether (sulfide) groups is 1. The highest BCUT2D eigenvalue weighted by molar-refractivity contribution is 7.98. The van der Waals surface area contributed by atoms with E-state index in [0.717, 1.165) is 17.0 Å². The summed E-state index contributed by atoms with van der Waals surface area (Å²) in [7, 11) is -3.53. The normalized spacial score (nSPS) is 23.8. The lowest BCUT2D eigenvalue weighted by Gasteiger charge is -2.31. The predicted octanol–water partition coefficient (Wildman–Crippen LogP) is 3.38. The number of sulfonamides is 1. The van der Waals surface area contributed by atoms with Crippen molar-refractivity contribution in [2.24, 2.45) is 5.92 Å². The minimum absolute atomic E-state index is 0.0669. The molecule has 8 heteroatoms. The summed E-state index contributed by atoms with van der Waals surface area (Å²) in [6.45, 7) is 0.570. The van der Waals surface area contributed by atoms with Gasteiger partial charge in [-0.2, -0.15) is 0 Å². The third kappa shape index (κ3) is 3.90. The standard InChI is InChI=1S/C20H23N3O3S2/c1-27-17-7-5-6-15(11-17)21-20(24)23-13-14-10-16(23)12-19(14)22-28(25,26)18-8-3-2-4-9-18/h2-9,11,14,16,19,22H,10,12-13H2,1H3,(H,21,24). The third-order valence-electron chi connectivity index (χ3n) is 5.48. The molecule has 0 spiro atoms. The van der Waals surface area contributed by atoms with Gasteiger partial charge in [-0.05, 0) is 55.3 Å². The van der Waals surface area contributed by atoms with Gasteiger partial charge in [0.2, 0.25) is 10.0 Å². The van der Waals surface area contributed by atoms with Crippen molar-refractivity contribution in [3.8, 4) is 0 Å². The smallest absolute Gasteiger partial charge is 0.321 e. The van der Waals surface area contributed by atoms with Gasteiger partial charge < -0.3 is 10.2 Å². The Balaban J connectivity index is 1.38. The maximum Gasteiger partial charge on any atom is 0.322 e. The van der Waals surface area contributed by atoms with Gasteiger partial charge in [-0.25, -0.2) is 17.9 Å². The number of carbonyl (C=O) groups excluding carboxylic acids is 1. The Kier molecular flexibility index (Phi) is 5.35. The largest absolute Gasteiger partial charge is 0.322 e. The Morgan fingerprint density at radius 3 is 2.57 bits per heavy atom. The van der Waals surface area contributed by atoms with Crippen molar-refractivity contribution in [3.05, 3.63) is 54.6 Å². The average molecular weight is 418 g/mol. The van der Waals surface area contributed by atoms with Crippen LogP contribution in [-0.4, -0.2) is 44.2 Å².